The van der Waals surface area contributed by atoms with E-state index in [0.29, 0.717) is 6.42 Å². The lowest BCUT2D eigenvalue weighted by molar-refractivity contribution is -0.142. The van der Waals surface area contributed by atoms with Gasteiger partial charge in [-0.2, -0.15) is 5.26 Å². The molecule has 0 radical (unpaired) electrons. The third-order valence-corrected chi connectivity index (χ3v) is 2.04. The molecule has 2 N–H and O–H groups in total. The Morgan fingerprint density at radius 2 is 1.94 bits per heavy atom. The van der Waals surface area contributed by atoms with Crippen molar-refractivity contribution in [3.8, 4) is 6.07 Å². The Labute approximate surface area is 95.4 Å². The van der Waals surface area contributed by atoms with Crippen LogP contribution in [0.5, 0.6) is 0 Å². The number of aliphatic carboxylic acids is 1. The molecular formula is C11H18N2O3. The van der Waals surface area contributed by atoms with Crippen molar-refractivity contribution in [2.75, 3.05) is 0 Å². The molecule has 90 valence electrons. The molecule has 5 heteroatoms. The van der Waals surface area contributed by atoms with E-state index in [4.69, 9.17) is 10.4 Å². The molecule has 0 aromatic rings. The fourth-order valence-electron chi connectivity index (χ4n) is 1.25. The molecule has 0 aliphatic carbocycles. The van der Waals surface area contributed by atoms with Gasteiger partial charge in [-0.3, -0.25) is 4.79 Å². The summed E-state index contributed by atoms with van der Waals surface area (Å²) in [6.45, 7) is 5.39. The lowest BCUT2D eigenvalue weighted by Gasteiger charge is -2.16. The third kappa shape index (κ3) is 6.02. The van der Waals surface area contributed by atoms with E-state index in [-0.39, 0.29) is 24.2 Å². The van der Waals surface area contributed by atoms with Gasteiger partial charge in [0.05, 0.1) is 6.07 Å². The second-order valence-corrected chi connectivity index (χ2v) is 4.32. The van der Waals surface area contributed by atoms with Crippen LogP contribution in [-0.2, 0) is 9.59 Å². The zero-order valence-corrected chi connectivity index (χ0v) is 9.86. The normalized spacial score (nSPS) is 13.9. The summed E-state index contributed by atoms with van der Waals surface area (Å²) >= 11 is 0. The summed E-state index contributed by atoms with van der Waals surface area (Å²) in [7, 11) is 0. The molecule has 5 nitrogen and oxygen atoms in total. The van der Waals surface area contributed by atoms with Crippen molar-refractivity contribution < 1.29 is 14.7 Å². The zero-order chi connectivity index (χ0) is 12.7. The van der Waals surface area contributed by atoms with Gasteiger partial charge in [0, 0.05) is 12.3 Å². The molecule has 0 bridgehead atoms. The molecule has 1 amide bonds. The number of carboxylic acids is 1. The first-order valence-electron chi connectivity index (χ1n) is 5.28. The standard InChI is InChI=1S/C11H18N2O3/c1-7(2)4-10(14)13-9(11(15)16)5-8(3)6-12/h7-9H,4-5H2,1-3H3,(H,13,14)(H,15,16)/t8-,9+/m1/s1. The first-order chi connectivity index (χ1) is 7.36. The van der Waals surface area contributed by atoms with Crippen molar-refractivity contribution in [1.82, 2.24) is 5.32 Å². The molecule has 0 unspecified atom stereocenters. The van der Waals surface area contributed by atoms with Crippen molar-refractivity contribution in [2.24, 2.45) is 11.8 Å². The van der Waals surface area contributed by atoms with Gasteiger partial charge in [0.1, 0.15) is 6.04 Å². The maximum atomic E-state index is 11.4. The highest BCUT2D eigenvalue weighted by atomic mass is 16.4. The van der Waals surface area contributed by atoms with Gasteiger partial charge in [-0.25, -0.2) is 4.79 Å². The van der Waals surface area contributed by atoms with Crippen molar-refractivity contribution in [3.05, 3.63) is 0 Å². The van der Waals surface area contributed by atoms with Gasteiger partial charge in [0.25, 0.3) is 0 Å². The Morgan fingerprint density at radius 1 is 1.38 bits per heavy atom. The lowest BCUT2D eigenvalue weighted by Crippen LogP contribution is -2.42. The summed E-state index contributed by atoms with van der Waals surface area (Å²) in [4.78, 5) is 22.2. The Hall–Kier alpha value is -1.57. The summed E-state index contributed by atoms with van der Waals surface area (Å²) in [6, 6.07) is 0.978. The Morgan fingerprint density at radius 3 is 2.31 bits per heavy atom. The highest BCUT2D eigenvalue weighted by Crippen LogP contribution is 2.06. The van der Waals surface area contributed by atoms with Gasteiger partial charge in [-0.1, -0.05) is 13.8 Å². The highest BCUT2D eigenvalue weighted by Gasteiger charge is 2.22. The zero-order valence-electron chi connectivity index (χ0n) is 9.86. The Balaban J connectivity index is 4.30. The van der Waals surface area contributed by atoms with E-state index in [9.17, 15) is 9.59 Å². The predicted molar refractivity (Wildman–Crippen MR) is 58.4 cm³/mol. The molecule has 0 aliphatic rings. The van der Waals surface area contributed by atoms with E-state index in [1.54, 1.807) is 6.92 Å². The highest BCUT2D eigenvalue weighted by molar-refractivity contribution is 5.83. The van der Waals surface area contributed by atoms with Crippen LogP contribution in [0, 0.1) is 23.2 Å². The molecule has 0 heterocycles. The van der Waals surface area contributed by atoms with Crippen LogP contribution < -0.4 is 5.32 Å². The summed E-state index contributed by atoms with van der Waals surface area (Å²) in [5, 5.41) is 19.9. The number of nitrogens with zero attached hydrogens (tertiary/aromatic N) is 1. The number of nitriles is 1. The SMILES string of the molecule is CC(C)CC(=O)N[C@@H](C[C@@H](C)C#N)C(=O)O. The first-order valence-corrected chi connectivity index (χ1v) is 5.28. The van der Waals surface area contributed by atoms with Crippen LogP contribution in [0.4, 0.5) is 0 Å². The minimum absolute atomic E-state index is 0.135. The second kappa shape index (κ2) is 6.83. The summed E-state index contributed by atoms with van der Waals surface area (Å²) in [5.41, 5.74) is 0. The Bertz CT molecular complexity index is 294. The molecule has 0 aromatic heterocycles. The number of carboxylic acid groups (broad SMARTS) is 1. The van der Waals surface area contributed by atoms with Crippen LogP contribution in [0.15, 0.2) is 0 Å². The fraction of sp³-hybridized carbons (Fsp3) is 0.727. The van der Waals surface area contributed by atoms with Crippen LogP contribution in [0.2, 0.25) is 0 Å². The number of hydrogen-bond acceptors (Lipinski definition) is 3. The van der Waals surface area contributed by atoms with E-state index in [1.807, 2.05) is 19.9 Å². The van der Waals surface area contributed by atoms with Crippen LogP contribution in [-0.4, -0.2) is 23.0 Å². The largest absolute Gasteiger partial charge is 0.480 e. The lowest BCUT2D eigenvalue weighted by atomic mass is 10.0. The van der Waals surface area contributed by atoms with Gasteiger partial charge < -0.3 is 10.4 Å². The molecule has 16 heavy (non-hydrogen) atoms. The van der Waals surface area contributed by atoms with Gasteiger partial charge in [-0.05, 0) is 19.3 Å². The molecular weight excluding hydrogens is 208 g/mol. The van der Waals surface area contributed by atoms with Crippen molar-refractivity contribution in [1.29, 1.82) is 5.26 Å². The van der Waals surface area contributed by atoms with E-state index in [0.717, 1.165) is 0 Å². The maximum absolute atomic E-state index is 11.4. The van der Waals surface area contributed by atoms with Gasteiger partial charge in [-0.15, -0.1) is 0 Å². The maximum Gasteiger partial charge on any atom is 0.326 e. The topological polar surface area (TPSA) is 90.2 Å². The third-order valence-electron chi connectivity index (χ3n) is 2.04. The molecule has 0 rings (SSSR count). The second-order valence-electron chi connectivity index (χ2n) is 4.32. The van der Waals surface area contributed by atoms with E-state index in [2.05, 4.69) is 5.32 Å². The van der Waals surface area contributed by atoms with E-state index in [1.165, 1.54) is 0 Å². The van der Waals surface area contributed by atoms with Crippen LogP contribution in [0.25, 0.3) is 0 Å². The Kier molecular flexibility index (Phi) is 6.16. The molecule has 0 saturated heterocycles. The number of hydrogen-bond donors (Lipinski definition) is 2. The molecule has 0 aliphatic heterocycles. The quantitative estimate of drug-likeness (QED) is 0.710. The van der Waals surface area contributed by atoms with Crippen LogP contribution >= 0.6 is 0 Å². The monoisotopic (exact) mass is 226 g/mol. The first kappa shape index (κ1) is 14.4. The smallest absolute Gasteiger partial charge is 0.326 e. The van der Waals surface area contributed by atoms with Crippen LogP contribution in [0.3, 0.4) is 0 Å². The van der Waals surface area contributed by atoms with Crippen molar-refractivity contribution in [2.45, 2.75) is 39.7 Å². The molecule has 2 atom stereocenters. The van der Waals surface area contributed by atoms with E-state index >= 15 is 0 Å². The van der Waals surface area contributed by atoms with E-state index < -0.39 is 12.0 Å². The number of rotatable bonds is 6. The summed E-state index contributed by atoms with van der Waals surface area (Å²) < 4.78 is 0. The number of nitrogens with one attached hydrogen (secondary N) is 1. The molecule has 0 fully saturated rings. The van der Waals surface area contributed by atoms with Gasteiger partial charge in [0.15, 0.2) is 0 Å². The molecule has 0 spiro atoms. The van der Waals surface area contributed by atoms with Gasteiger partial charge >= 0.3 is 5.97 Å². The number of amides is 1. The summed E-state index contributed by atoms with van der Waals surface area (Å²) in [5.74, 6) is -1.59. The van der Waals surface area contributed by atoms with Crippen molar-refractivity contribution >= 4 is 11.9 Å². The van der Waals surface area contributed by atoms with Crippen molar-refractivity contribution in [3.63, 3.8) is 0 Å². The molecule has 0 aromatic carbocycles. The fourth-order valence-corrected chi connectivity index (χ4v) is 1.25. The minimum atomic E-state index is -1.10. The average Bonchev–Trinajstić information content (AvgIpc) is 2.14. The predicted octanol–water partition coefficient (Wildman–Crippen LogP) is 1.15. The van der Waals surface area contributed by atoms with Crippen LogP contribution in [0.1, 0.15) is 33.6 Å². The minimum Gasteiger partial charge on any atom is -0.480 e. The summed E-state index contributed by atoms with van der Waals surface area (Å²) in [6.07, 6.45) is 0.431. The average molecular weight is 226 g/mol. The van der Waals surface area contributed by atoms with Gasteiger partial charge in [0.2, 0.25) is 5.91 Å². The number of carbonyl (C=O) groups excluding carboxylic acids is 1. The number of carbonyl (C=O) groups is 2. The molecule has 0 saturated carbocycles.